The van der Waals surface area contributed by atoms with Gasteiger partial charge in [-0.2, -0.15) is 0 Å². The van der Waals surface area contributed by atoms with Crippen molar-refractivity contribution in [1.82, 2.24) is 4.98 Å². The molecule has 0 saturated carbocycles. The topological polar surface area (TPSA) is 12.9 Å². The first-order chi connectivity index (χ1) is 6.68. The Morgan fingerprint density at radius 1 is 1.21 bits per heavy atom. The molecule has 1 nitrogen and oxygen atoms in total. The third-order valence-electron chi connectivity index (χ3n) is 2.33. The molecule has 1 heterocycles. The van der Waals surface area contributed by atoms with Crippen molar-refractivity contribution in [3.8, 4) is 0 Å². The number of halogens is 1. The lowest BCUT2D eigenvalue weighted by molar-refractivity contribution is 0.862. The van der Waals surface area contributed by atoms with Gasteiger partial charge in [0.05, 0.1) is 5.52 Å². The average molecular weight is 206 g/mol. The molecule has 0 atom stereocenters. The Kier molecular flexibility index (Phi) is 2.42. The molecule has 0 fully saturated rings. The van der Waals surface area contributed by atoms with Crippen molar-refractivity contribution in [3.63, 3.8) is 0 Å². The normalized spacial score (nSPS) is 11.1. The molecule has 2 aromatic rings. The van der Waals surface area contributed by atoms with Gasteiger partial charge in [0.15, 0.2) is 0 Å². The summed E-state index contributed by atoms with van der Waals surface area (Å²) in [4.78, 5) is 4.36. The molecule has 0 aliphatic heterocycles. The van der Waals surface area contributed by atoms with Crippen molar-refractivity contribution in [2.24, 2.45) is 0 Å². The summed E-state index contributed by atoms with van der Waals surface area (Å²) in [6.07, 6.45) is 0. The van der Waals surface area contributed by atoms with E-state index in [1.54, 1.807) is 0 Å². The summed E-state index contributed by atoms with van der Waals surface area (Å²) in [5, 5.41) is 1.78. The van der Waals surface area contributed by atoms with E-state index in [0.717, 1.165) is 16.5 Å². The fourth-order valence-corrected chi connectivity index (χ4v) is 1.88. The molecule has 2 heteroatoms. The van der Waals surface area contributed by atoms with Gasteiger partial charge < -0.3 is 0 Å². The Hall–Kier alpha value is -1.08. The van der Waals surface area contributed by atoms with Gasteiger partial charge >= 0.3 is 0 Å². The molecule has 0 unspecified atom stereocenters. The van der Waals surface area contributed by atoms with Crippen LogP contribution >= 0.6 is 11.6 Å². The first kappa shape index (κ1) is 9.47. The number of nitrogens with zero attached hydrogens (tertiary/aromatic N) is 1. The van der Waals surface area contributed by atoms with Gasteiger partial charge in [0.2, 0.25) is 0 Å². The Morgan fingerprint density at radius 2 is 1.93 bits per heavy atom. The zero-order chi connectivity index (χ0) is 10.1. The number of fused-ring (bicyclic) bond motifs is 1. The highest BCUT2D eigenvalue weighted by atomic mass is 35.5. The Labute approximate surface area is 88.7 Å². The second-order valence-electron chi connectivity index (χ2n) is 3.72. The fraction of sp³-hybridized carbons (Fsp3) is 0.250. The second kappa shape index (κ2) is 3.58. The highest BCUT2D eigenvalue weighted by Gasteiger charge is 2.07. The number of hydrogen-bond acceptors (Lipinski definition) is 1. The first-order valence-electron chi connectivity index (χ1n) is 4.73. The number of pyridine rings is 1. The van der Waals surface area contributed by atoms with Crippen LogP contribution in [0.25, 0.3) is 10.9 Å². The third-order valence-corrected chi connectivity index (χ3v) is 2.63. The lowest BCUT2D eigenvalue weighted by atomic mass is 10.0. The van der Waals surface area contributed by atoms with E-state index in [1.807, 2.05) is 18.2 Å². The van der Waals surface area contributed by atoms with Gasteiger partial charge in [0, 0.05) is 5.39 Å². The summed E-state index contributed by atoms with van der Waals surface area (Å²) >= 11 is 6.09. The largest absolute Gasteiger partial charge is 0.236 e. The van der Waals surface area contributed by atoms with Gasteiger partial charge in [-0.3, -0.25) is 0 Å². The third kappa shape index (κ3) is 1.60. The van der Waals surface area contributed by atoms with E-state index >= 15 is 0 Å². The highest BCUT2D eigenvalue weighted by molar-refractivity contribution is 6.30. The van der Waals surface area contributed by atoms with E-state index in [4.69, 9.17) is 11.6 Å². The van der Waals surface area contributed by atoms with E-state index in [9.17, 15) is 0 Å². The van der Waals surface area contributed by atoms with Crippen molar-refractivity contribution in [2.75, 3.05) is 0 Å². The van der Waals surface area contributed by atoms with E-state index < -0.39 is 0 Å². The van der Waals surface area contributed by atoms with E-state index in [2.05, 4.69) is 31.0 Å². The van der Waals surface area contributed by atoms with Crippen LogP contribution in [0, 0.1) is 0 Å². The summed E-state index contributed by atoms with van der Waals surface area (Å²) < 4.78 is 0. The zero-order valence-corrected chi connectivity index (χ0v) is 9.05. The lowest BCUT2D eigenvalue weighted by Crippen LogP contribution is -1.92. The Balaban J connectivity index is 2.71. The molecule has 0 radical (unpaired) electrons. The van der Waals surface area contributed by atoms with Crippen LogP contribution < -0.4 is 0 Å². The van der Waals surface area contributed by atoms with E-state index in [-0.39, 0.29) is 0 Å². The molecule has 0 aliphatic carbocycles. The van der Waals surface area contributed by atoms with Crippen molar-refractivity contribution < 1.29 is 0 Å². The molecule has 72 valence electrons. The summed E-state index contributed by atoms with van der Waals surface area (Å²) in [5.74, 6) is 0.416. The van der Waals surface area contributed by atoms with E-state index in [1.165, 1.54) is 0 Å². The standard InChI is InChI=1S/C12H12ClN/c1-8(2)10-7-9-5-3-4-6-11(9)14-12(10)13/h3-8H,1-2H3. The summed E-state index contributed by atoms with van der Waals surface area (Å²) in [6, 6.07) is 10.1. The molecular weight excluding hydrogens is 194 g/mol. The van der Waals surface area contributed by atoms with Crippen LogP contribution in [-0.4, -0.2) is 4.98 Å². The molecule has 0 amide bonds. The Bertz CT molecular complexity index is 463. The quantitative estimate of drug-likeness (QED) is 0.641. The van der Waals surface area contributed by atoms with Crippen molar-refractivity contribution in [3.05, 3.63) is 41.0 Å². The predicted molar refractivity (Wildman–Crippen MR) is 60.8 cm³/mol. The first-order valence-corrected chi connectivity index (χ1v) is 5.11. The van der Waals surface area contributed by atoms with Crippen LogP contribution in [0.3, 0.4) is 0 Å². The Morgan fingerprint density at radius 3 is 2.64 bits per heavy atom. The summed E-state index contributed by atoms with van der Waals surface area (Å²) in [6.45, 7) is 4.25. The molecule has 14 heavy (non-hydrogen) atoms. The monoisotopic (exact) mass is 205 g/mol. The maximum Gasteiger partial charge on any atom is 0.133 e. The van der Waals surface area contributed by atoms with E-state index in [0.29, 0.717) is 11.1 Å². The van der Waals surface area contributed by atoms with Crippen LogP contribution in [-0.2, 0) is 0 Å². The molecule has 0 bridgehead atoms. The lowest BCUT2D eigenvalue weighted by Gasteiger charge is -2.08. The van der Waals surface area contributed by atoms with Crippen LogP contribution in [0.2, 0.25) is 5.15 Å². The number of benzene rings is 1. The van der Waals surface area contributed by atoms with Gasteiger partial charge in [0.25, 0.3) is 0 Å². The molecular formula is C12H12ClN. The van der Waals surface area contributed by atoms with Gasteiger partial charge in [0.1, 0.15) is 5.15 Å². The van der Waals surface area contributed by atoms with Crippen molar-refractivity contribution in [1.29, 1.82) is 0 Å². The maximum absolute atomic E-state index is 6.09. The molecule has 1 aromatic heterocycles. The van der Waals surface area contributed by atoms with Gasteiger partial charge in [-0.25, -0.2) is 4.98 Å². The predicted octanol–water partition coefficient (Wildman–Crippen LogP) is 4.01. The minimum Gasteiger partial charge on any atom is -0.236 e. The van der Waals surface area contributed by atoms with Gasteiger partial charge in [-0.15, -0.1) is 0 Å². The van der Waals surface area contributed by atoms with Gasteiger partial charge in [-0.05, 0) is 23.6 Å². The SMILES string of the molecule is CC(C)c1cc2ccccc2nc1Cl. The highest BCUT2D eigenvalue weighted by Crippen LogP contribution is 2.26. The number of hydrogen-bond donors (Lipinski definition) is 0. The van der Waals surface area contributed by atoms with Gasteiger partial charge in [-0.1, -0.05) is 43.6 Å². The average Bonchev–Trinajstić information content (AvgIpc) is 2.16. The summed E-state index contributed by atoms with van der Waals surface area (Å²) in [5.41, 5.74) is 2.08. The summed E-state index contributed by atoms with van der Waals surface area (Å²) in [7, 11) is 0. The van der Waals surface area contributed by atoms with Crippen LogP contribution in [0.4, 0.5) is 0 Å². The molecule has 0 spiro atoms. The molecule has 2 rings (SSSR count). The number of rotatable bonds is 1. The van der Waals surface area contributed by atoms with Crippen LogP contribution in [0.5, 0.6) is 0 Å². The van der Waals surface area contributed by atoms with Crippen LogP contribution in [0.1, 0.15) is 25.3 Å². The molecule has 0 saturated heterocycles. The van der Waals surface area contributed by atoms with Crippen molar-refractivity contribution in [2.45, 2.75) is 19.8 Å². The van der Waals surface area contributed by atoms with Crippen molar-refractivity contribution >= 4 is 22.5 Å². The maximum atomic E-state index is 6.09. The van der Waals surface area contributed by atoms with Crippen LogP contribution in [0.15, 0.2) is 30.3 Å². The minimum absolute atomic E-state index is 0.416. The number of para-hydroxylation sites is 1. The number of aromatic nitrogens is 1. The molecule has 0 N–H and O–H groups in total. The molecule has 1 aromatic carbocycles. The second-order valence-corrected chi connectivity index (χ2v) is 4.07. The zero-order valence-electron chi connectivity index (χ0n) is 8.29. The minimum atomic E-state index is 0.416. The fourth-order valence-electron chi connectivity index (χ4n) is 1.51. The smallest absolute Gasteiger partial charge is 0.133 e. The molecule has 0 aliphatic rings.